The fraction of sp³-hybridized carbons (Fsp3) is 0.200. The Morgan fingerprint density at radius 1 is 1.44 bits per heavy atom. The van der Waals surface area contributed by atoms with Gasteiger partial charge in [0.05, 0.1) is 17.3 Å². The zero-order valence-electron chi connectivity index (χ0n) is 8.13. The second-order valence-electron chi connectivity index (χ2n) is 3.70. The van der Waals surface area contributed by atoms with Crippen LogP contribution in [-0.2, 0) is 11.3 Å². The molecule has 0 bridgehead atoms. The van der Waals surface area contributed by atoms with E-state index in [0.29, 0.717) is 23.8 Å². The molecular formula is C10H7ClFN3O. The minimum absolute atomic E-state index is 0.0830. The van der Waals surface area contributed by atoms with Crippen LogP contribution in [0, 0.1) is 5.82 Å². The van der Waals surface area contributed by atoms with Gasteiger partial charge in [0, 0.05) is 5.56 Å². The summed E-state index contributed by atoms with van der Waals surface area (Å²) in [5.74, 6) is -0.0547. The van der Waals surface area contributed by atoms with Gasteiger partial charge in [0.1, 0.15) is 12.4 Å². The summed E-state index contributed by atoms with van der Waals surface area (Å²) in [5, 5.41) is 2.71. The smallest absolute Gasteiger partial charge is 0.246 e. The molecule has 4 nitrogen and oxygen atoms in total. The number of hydrogen-bond acceptors (Lipinski definition) is 3. The van der Waals surface area contributed by atoms with Gasteiger partial charge in [-0.2, -0.15) is 0 Å². The standard InChI is InChI=1S/C10H7ClFN3O/c11-9-5-3-15-4-8(16)14-10(15)13-7(5)2-1-6(9)12/h1-2H,3-4H2,(H,13,14,16). The van der Waals surface area contributed by atoms with E-state index in [0.717, 1.165) is 0 Å². The molecule has 0 aromatic heterocycles. The number of hydrogen-bond donors (Lipinski definition) is 1. The Morgan fingerprint density at radius 3 is 3.06 bits per heavy atom. The highest BCUT2D eigenvalue weighted by atomic mass is 35.5. The van der Waals surface area contributed by atoms with Crippen molar-refractivity contribution in [2.24, 2.45) is 4.99 Å². The minimum Gasteiger partial charge on any atom is -0.329 e. The molecule has 6 heteroatoms. The van der Waals surface area contributed by atoms with Crippen LogP contribution in [0.3, 0.4) is 0 Å². The van der Waals surface area contributed by atoms with E-state index in [-0.39, 0.29) is 17.5 Å². The van der Waals surface area contributed by atoms with Gasteiger partial charge in [-0.05, 0) is 12.1 Å². The molecule has 0 spiro atoms. The number of fused-ring (bicyclic) bond motifs is 2. The maximum Gasteiger partial charge on any atom is 0.246 e. The van der Waals surface area contributed by atoms with E-state index < -0.39 is 5.82 Å². The Hall–Kier alpha value is -1.62. The predicted octanol–water partition coefficient (Wildman–Crippen LogP) is 1.41. The maximum absolute atomic E-state index is 13.2. The molecule has 0 radical (unpaired) electrons. The van der Waals surface area contributed by atoms with Crippen LogP contribution in [0.1, 0.15) is 5.56 Å². The highest BCUT2D eigenvalue weighted by Crippen LogP contribution is 2.33. The minimum atomic E-state index is -0.461. The van der Waals surface area contributed by atoms with E-state index in [2.05, 4.69) is 10.3 Å². The summed E-state index contributed by atoms with van der Waals surface area (Å²) in [5.41, 5.74) is 1.24. The van der Waals surface area contributed by atoms with Crippen molar-refractivity contribution in [3.63, 3.8) is 0 Å². The first-order valence-electron chi connectivity index (χ1n) is 4.75. The Kier molecular flexibility index (Phi) is 1.91. The van der Waals surface area contributed by atoms with Crippen molar-refractivity contribution in [3.8, 4) is 0 Å². The highest BCUT2D eigenvalue weighted by Gasteiger charge is 2.30. The summed E-state index contributed by atoms with van der Waals surface area (Å²) in [6, 6.07) is 2.84. The Balaban J connectivity index is 2.12. The van der Waals surface area contributed by atoms with Gasteiger partial charge in [0.25, 0.3) is 0 Å². The van der Waals surface area contributed by atoms with E-state index in [1.54, 1.807) is 11.0 Å². The maximum atomic E-state index is 13.2. The molecule has 1 amide bonds. The largest absolute Gasteiger partial charge is 0.329 e. The molecule has 0 atom stereocenters. The van der Waals surface area contributed by atoms with Crippen LogP contribution in [0.15, 0.2) is 17.1 Å². The average Bonchev–Trinajstić information content (AvgIpc) is 2.61. The number of aliphatic imine (C=N–C) groups is 1. The number of carbonyl (C=O) groups excluding carboxylic acids is 1. The fourth-order valence-electron chi connectivity index (χ4n) is 1.86. The fourth-order valence-corrected chi connectivity index (χ4v) is 2.08. The molecule has 16 heavy (non-hydrogen) atoms. The molecule has 1 saturated heterocycles. The quantitative estimate of drug-likeness (QED) is 0.744. The molecule has 3 rings (SSSR count). The molecule has 2 aliphatic heterocycles. The Morgan fingerprint density at radius 2 is 2.25 bits per heavy atom. The van der Waals surface area contributed by atoms with Gasteiger partial charge in [-0.15, -0.1) is 0 Å². The first-order chi connectivity index (χ1) is 7.65. The van der Waals surface area contributed by atoms with E-state index >= 15 is 0 Å². The van der Waals surface area contributed by atoms with Crippen LogP contribution in [0.4, 0.5) is 10.1 Å². The van der Waals surface area contributed by atoms with Crippen molar-refractivity contribution in [2.45, 2.75) is 6.54 Å². The number of halogens is 2. The van der Waals surface area contributed by atoms with E-state index in [1.165, 1.54) is 6.07 Å². The summed E-state index contributed by atoms with van der Waals surface area (Å²) in [6.07, 6.45) is 0. The van der Waals surface area contributed by atoms with Gasteiger partial charge < -0.3 is 4.90 Å². The first kappa shape index (κ1) is 9.59. The van der Waals surface area contributed by atoms with Gasteiger partial charge in [-0.1, -0.05) is 11.6 Å². The Bertz CT molecular complexity index is 529. The van der Waals surface area contributed by atoms with Crippen LogP contribution in [0.25, 0.3) is 0 Å². The zero-order chi connectivity index (χ0) is 11.3. The van der Waals surface area contributed by atoms with Crippen molar-refractivity contribution < 1.29 is 9.18 Å². The average molecular weight is 240 g/mol. The third-order valence-corrected chi connectivity index (χ3v) is 3.04. The second-order valence-corrected chi connectivity index (χ2v) is 4.08. The van der Waals surface area contributed by atoms with Gasteiger partial charge in [-0.3, -0.25) is 10.1 Å². The highest BCUT2D eigenvalue weighted by molar-refractivity contribution is 6.32. The van der Waals surface area contributed by atoms with Crippen molar-refractivity contribution in [1.82, 2.24) is 10.2 Å². The van der Waals surface area contributed by atoms with Crippen LogP contribution in [0.5, 0.6) is 0 Å². The number of nitrogens with zero attached hydrogens (tertiary/aromatic N) is 2. The van der Waals surface area contributed by atoms with Gasteiger partial charge >= 0.3 is 0 Å². The van der Waals surface area contributed by atoms with Crippen LogP contribution < -0.4 is 5.32 Å². The normalized spacial score (nSPS) is 17.8. The summed E-state index contributed by atoms with van der Waals surface area (Å²) < 4.78 is 13.2. The van der Waals surface area contributed by atoms with Crippen LogP contribution in [0.2, 0.25) is 5.02 Å². The number of benzene rings is 1. The third-order valence-electron chi connectivity index (χ3n) is 2.63. The summed E-state index contributed by atoms with van der Waals surface area (Å²) >= 11 is 5.86. The second kappa shape index (κ2) is 3.18. The molecule has 82 valence electrons. The Labute approximate surface area is 95.7 Å². The molecule has 2 aliphatic rings. The molecule has 0 saturated carbocycles. The lowest BCUT2D eigenvalue weighted by atomic mass is 10.1. The van der Waals surface area contributed by atoms with Gasteiger partial charge in [0.2, 0.25) is 11.9 Å². The van der Waals surface area contributed by atoms with Crippen molar-refractivity contribution in [2.75, 3.05) is 6.54 Å². The topological polar surface area (TPSA) is 44.7 Å². The SMILES string of the molecule is O=C1CN2Cc3c(ccc(F)c3Cl)N=C2N1. The molecule has 1 N–H and O–H groups in total. The molecule has 0 aliphatic carbocycles. The summed E-state index contributed by atoms with van der Waals surface area (Å²) in [4.78, 5) is 17.1. The third kappa shape index (κ3) is 1.28. The van der Waals surface area contributed by atoms with E-state index in [1.807, 2.05) is 0 Å². The molecule has 1 aromatic rings. The molecule has 1 aromatic carbocycles. The molecule has 1 fully saturated rings. The number of guanidine groups is 1. The lowest BCUT2D eigenvalue weighted by Crippen LogP contribution is -2.32. The zero-order valence-corrected chi connectivity index (χ0v) is 8.88. The number of nitrogens with one attached hydrogen (secondary N) is 1. The van der Waals surface area contributed by atoms with Crippen molar-refractivity contribution >= 4 is 29.2 Å². The number of carbonyl (C=O) groups is 1. The summed E-state index contributed by atoms with van der Waals surface area (Å²) in [7, 11) is 0. The van der Waals surface area contributed by atoms with Crippen molar-refractivity contribution in [1.29, 1.82) is 0 Å². The van der Waals surface area contributed by atoms with E-state index in [9.17, 15) is 9.18 Å². The lowest BCUT2D eigenvalue weighted by molar-refractivity contribution is -0.118. The van der Waals surface area contributed by atoms with E-state index in [4.69, 9.17) is 11.6 Å². The molecule has 0 unspecified atom stereocenters. The van der Waals surface area contributed by atoms with Gasteiger partial charge in [0.15, 0.2) is 0 Å². The monoisotopic (exact) mass is 239 g/mol. The first-order valence-corrected chi connectivity index (χ1v) is 5.13. The predicted molar refractivity (Wildman–Crippen MR) is 57.1 cm³/mol. The van der Waals surface area contributed by atoms with Gasteiger partial charge in [-0.25, -0.2) is 9.38 Å². The van der Waals surface area contributed by atoms with Crippen molar-refractivity contribution in [3.05, 3.63) is 28.5 Å². The molecule has 2 heterocycles. The number of amides is 1. The summed E-state index contributed by atoms with van der Waals surface area (Å²) in [6.45, 7) is 0.647. The van der Waals surface area contributed by atoms with Crippen LogP contribution >= 0.6 is 11.6 Å². The number of rotatable bonds is 0. The van der Waals surface area contributed by atoms with Crippen LogP contribution in [-0.4, -0.2) is 23.3 Å². The molecular weight excluding hydrogens is 233 g/mol. The lowest BCUT2D eigenvalue weighted by Gasteiger charge is -2.23.